The average Bonchev–Trinajstić information content (AvgIpc) is 2.62. The van der Waals surface area contributed by atoms with Gasteiger partial charge in [-0.3, -0.25) is 0 Å². The molecule has 0 spiro atoms. The second-order valence-electron chi connectivity index (χ2n) is 3.61. The molecule has 1 aliphatic carbocycles. The van der Waals surface area contributed by atoms with Gasteiger partial charge in [0, 0.05) is 6.08 Å². The Labute approximate surface area is 85.6 Å². The normalized spacial score (nSPS) is 26.6. The zero-order valence-corrected chi connectivity index (χ0v) is 8.74. The van der Waals surface area contributed by atoms with Crippen LogP contribution in [0.2, 0.25) is 0 Å². The van der Waals surface area contributed by atoms with Crippen molar-refractivity contribution in [1.82, 2.24) is 0 Å². The lowest BCUT2D eigenvalue weighted by molar-refractivity contribution is -0.137. The molecule has 2 atom stereocenters. The fourth-order valence-electron chi connectivity index (χ4n) is 1.94. The first-order valence-corrected chi connectivity index (χ1v) is 5.25. The molecule has 0 heterocycles. The summed E-state index contributed by atoms with van der Waals surface area (Å²) in [7, 11) is 0. The maximum atomic E-state index is 11.1. The van der Waals surface area contributed by atoms with E-state index < -0.39 is 0 Å². The molecule has 78 valence electrons. The Bertz CT molecular complexity index is 230. The summed E-state index contributed by atoms with van der Waals surface area (Å²) < 4.78 is 4.82. The number of esters is 1. The molecule has 0 aliphatic heterocycles. The minimum atomic E-state index is -0.234. The van der Waals surface area contributed by atoms with Crippen LogP contribution in [0.1, 0.15) is 26.2 Å². The average molecular weight is 194 g/mol. The molecule has 1 rings (SSSR count). The third kappa shape index (κ3) is 3.02. The zero-order chi connectivity index (χ0) is 10.4. The zero-order valence-electron chi connectivity index (χ0n) is 8.74. The van der Waals surface area contributed by atoms with Crippen molar-refractivity contribution >= 4 is 5.97 Å². The molecule has 1 saturated carbocycles. The van der Waals surface area contributed by atoms with Crippen LogP contribution in [0.4, 0.5) is 0 Å². The number of carbonyl (C=O) groups excluding carboxylic acids is 1. The van der Waals surface area contributed by atoms with Crippen molar-refractivity contribution in [2.45, 2.75) is 26.2 Å². The van der Waals surface area contributed by atoms with Gasteiger partial charge in [-0.15, -0.1) is 6.58 Å². The highest BCUT2D eigenvalue weighted by atomic mass is 16.5. The highest BCUT2D eigenvalue weighted by Crippen LogP contribution is 2.33. The molecule has 1 fully saturated rings. The molecule has 0 saturated heterocycles. The molecule has 0 aromatic rings. The molecule has 0 aromatic heterocycles. The van der Waals surface area contributed by atoms with Crippen LogP contribution < -0.4 is 0 Å². The molecule has 0 radical (unpaired) electrons. The van der Waals surface area contributed by atoms with E-state index in [1.807, 2.05) is 19.1 Å². The molecule has 0 N–H and O–H groups in total. The Balaban J connectivity index is 2.42. The quantitative estimate of drug-likeness (QED) is 0.391. The van der Waals surface area contributed by atoms with Gasteiger partial charge in [-0.1, -0.05) is 18.6 Å². The van der Waals surface area contributed by atoms with Crippen molar-refractivity contribution in [3.05, 3.63) is 24.8 Å². The van der Waals surface area contributed by atoms with Crippen LogP contribution in [-0.2, 0) is 9.53 Å². The highest BCUT2D eigenvalue weighted by Gasteiger charge is 2.22. The lowest BCUT2D eigenvalue weighted by Crippen LogP contribution is -2.04. The first-order valence-electron chi connectivity index (χ1n) is 5.25. The molecular weight excluding hydrogens is 176 g/mol. The first kappa shape index (κ1) is 11.0. The molecule has 2 nitrogen and oxygen atoms in total. The van der Waals surface area contributed by atoms with Crippen molar-refractivity contribution in [3.63, 3.8) is 0 Å². The van der Waals surface area contributed by atoms with Crippen LogP contribution in [0.15, 0.2) is 24.8 Å². The van der Waals surface area contributed by atoms with E-state index in [0.29, 0.717) is 18.4 Å². The standard InChI is InChI=1S/C12H18O2/c1-3-10-6-5-7-11(10)8-9-12(13)14-4-2/h3,8-11H,1,4-7H2,2H3/b9-8-/t10-,11+/m1/s1. The minimum absolute atomic E-state index is 0.234. The van der Waals surface area contributed by atoms with Crippen molar-refractivity contribution in [2.24, 2.45) is 11.8 Å². The Morgan fingerprint density at radius 1 is 1.50 bits per heavy atom. The second-order valence-corrected chi connectivity index (χ2v) is 3.61. The van der Waals surface area contributed by atoms with Crippen molar-refractivity contribution in [1.29, 1.82) is 0 Å². The van der Waals surface area contributed by atoms with E-state index in [4.69, 9.17) is 4.74 Å². The van der Waals surface area contributed by atoms with E-state index >= 15 is 0 Å². The third-order valence-electron chi connectivity index (χ3n) is 2.69. The molecule has 2 heteroatoms. The Kier molecular flexibility index (Phi) is 4.44. The Morgan fingerprint density at radius 2 is 2.21 bits per heavy atom. The number of carbonyl (C=O) groups is 1. The number of ether oxygens (including phenoxy) is 1. The molecule has 0 aromatic carbocycles. The lowest BCUT2D eigenvalue weighted by atomic mass is 9.96. The van der Waals surface area contributed by atoms with Gasteiger partial charge in [0.15, 0.2) is 0 Å². The Hall–Kier alpha value is -1.05. The van der Waals surface area contributed by atoms with Gasteiger partial charge in [-0.2, -0.15) is 0 Å². The monoisotopic (exact) mass is 194 g/mol. The van der Waals surface area contributed by atoms with Crippen LogP contribution >= 0.6 is 0 Å². The number of hydrogen-bond donors (Lipinski definition) is 0. The summed E-state index contributed by atoms with van der Waals surface area (Å²) in [4.78, 5) is 11.1. The predicted octanol–water partition coefficient (Wildman–Crippen LogP) is 2.71. The predicted molar refractivity (Wildman–Crippen MR) is 56.8 cm³/mol. The van der Waals surface area contributed by atoms with Crippen LogP contribution in [-0.4, -0.2) is 12.6 Å². The van der Waals surface area contributed by atoms with Gasteiger partial charge >= 0.3 is 5.97 Å². The molecule has 0 unspecified atom stereocenters. The number of rotatable bonds is 4. The number of allylic oxidation sites excluding steroid dienone is 2. The lowest BCUT2D eigenvalue weighted by Gasteiger charge is -2.09. The van der Waals surface area contributed by atoms with Crippen molar-refractivity contribution in [2.75, 3.05) is 6.61 Å². The summed E-state index contributed by atoms with van der Waals surface area (Å²) in [5, 5.41) is 0. The van der Waals surface area contributed by atoms with Gasteiger partial charge in [0.1, 0.15) is 0 Å². The maximum absolute atomic E-state index is 11.1. The fourth-order valence-corrected chi connectivity index (χ4v) is 1.94. The van der Waals surface area contributed by atoms with Crippen molar-refractivity contribution in [3.8, 4) is 0 Å². The fraction of sp³-hybridized carbons (Fsp3) is 0.583. The van der Waals surface area contributed by atoms with Crippen LogP contribution in [0.25, 0.3) is 0 Å². The summed E-state index contributed by atoms with van der Waals surface area (Å²) in [5.41, 5.74) is 0. The van der Waals surface area contributed by atoms with Crippen LogP contribution in [0, 0.1) is 11.8 Å². The highest BCUT2D eigenvalue weighted by molar-refractivity contribution is 5.81. The van der Waals surface area contributed by atoms with Gasteiger partial charge in [-0.25, -0.2) is 4.79 Å². The summed E-state index contributed by atoms with van der Waals surface area (Å²) in [6, 6.07) is 0. The van der Waals surface area contributed by atoms with Gasteiger partial charge < -0.3 is 4.74 Å². The second kappa shape index (κ2) is 5.63. The van der Waals surface area contributed by atoms with Gasteiger partial charge in [0.05, 0.1) is 6.61 Å². The smallest absolute Gasteiger partial charge is 0.330 e. The minimum Gasteiger partial charge on any atom is -0.463 e. The Morgan fingerprint density at radius 3 is 2.86 bits per heavy atom. The van der Waals surface area contributed by atoms with Crippen molar-refractivity contribution < 1.29 is 9.53 Å². The summed E-state index contributed by atoms with van der Waals surface area (Å²) in [6.07, 6.45) is 9.10. The third-order valence-corrected chi connectivity index (χ3v) is 2.69. The maximum Gasteiger partial charge on any atom is 0.330 e. The topological polar surface area (TPSA) is 26.3 Å². The largest absolute Gasteiger partial charge is 0.463 e. The SMILES string of the molecule is C=C[C@@H]1CCC[C@H]1/C=C\C(=O)OCC. The molecule has 1 aliphatic rings. The van der Waals surface area contributed by atoms with Gasteiger partial charge in [0.2, 0.25) is 0 Å². The molecule has 0 bridgehead atoms. The van der Waals surface area contributed by atoms with E-state index in [0.717, 1.165) is 6.42 Å². The molecular formula is C12H18O2. The van der Waals surface area contributed by atoms with E-state index in [1.54, 1.807) is 6.08 Å². The molecule has 14 heavy (non-hydrogen) atoms. The summed E-state index contributed by atoms with van der Waals surface area (Å²) >= 11 is 0. The van der Waals surface area contributed by atoms with E-state index in [1.165, 1.54) is 12.8 Å². The van der Waals surface area contributed by atoms with Gasteiger partial charge in [-0.05, 0) is 31.6 Å². The summed E-state index contributed by atoms with van der Waals surface area (Å²) in [5.74, 6) is 0.791. The van der Waals surface area contributed by atoms with Crippen LogP contribution in [0.5, 0.6) is 0 Å². The van der Waals surface area contributed by atoms with Gasteiger partial charge in [0.25, 0.3) is 0 Å². The van der Waals surface area contributed by atoms with E-state index in [9.17, 15) is 4.79 Å². The first-order chi connectivity index (χ1) is 6.77. The van der Waals surface area contributed by atoms with E-state index in [2.05, 4.69) is 6.58 Å². The van der Waals surface area contributed by atoms with Crippen LogP contribution in [0.3, 0.4) is 0 Å². The summed E-state index contributed by atoms with van der Waals surface area (Å²) in [6.45, 7) is 6.06. The number of hydrogen-bond acceptors (Lipinski definition) is 2. The van der Waals surface area contributed by atoms with E-state index in [-0.39, 0.29) is 5.97 Å². The molecule has 0 amide bonds.